The summed E-state index contributed by atoms with van der Waals surface area (Å²) in [6, 6.07) is 12.8. The van der Waals surface area contributed by atoms with Crippen LogP contribution in [0.1, 0.15) is 116 Å². The molecular weight excluding hydrogens is 648 g/mol. The highest BCUT2D eigenvalue weighted by Gasteiger charge is 2.38. The van der Waals surface area contributed by atoms with Crippen molar-refractivity contribution in [2.75, 3.05) is 6.54 Å². The van der Waals surface area contributed by atoms with E-state index in [9.17, 15) is 24.0 Å². The maximum Gasteiger partial charge on any atom is 0.408 e. The highest BCUT2D eigenvalue weighted by Crippen LogP contribution is 2.26. The van der Waals surface area contributed by atoms with Gasteiger partial charge in [-0.05, 0) is 77.1 Å². The maximum absolute atomic E-state index is 14.7. The van der Waals surface area contributed by atoms with Gasteiger partial charge in [0, 0.05) is 19.4 Å². The van der Waals surface area contributed by atoms with E-state index < -0.39 is 59.1 Å². The van der Waals surface area contributed by atoms with E-state index in [1.54, 1.807) is 65.8 Å². The molecule has 2 aromatic carbocycles. The summed E-state index contributed by atoms with van der Waals surface area (Å²) in [7, 11) is 0. The van der Waals surface area contributed by atoms with Gasteiger partial charge in [-0.3, -0.25) is 14.4 Å². The number of alkyl carbamates (subject to hydrolysis) is 1. The summed E-state index contributed by atoms with van der Waals surface area (Å²) in [6.45, 7) is 16.4. The van der Waals surface area contributed by atoms with Gasteiger partial charge >= 0.3 is 12.1 Å². The van der Waals surface area contributed by atoms with Crippen LogP contribution in [-0.2, 0) is 35.1 Å². The summed E-state index contributed by atoms with van der Waals surface area (Å²) >= 11 is 0. The van der Waals surface area contributed by atoms with E-state index in [4.69, 9.17) is 15.2 Å². The lowest BCUT2D eigenvalue weighted by Crippen LogP contribution is -2.55. The van der Waals surface area contributed by atoms with Gasteiger partial charge in [0.2, 0.25) is 17.7 Å². The minimum absolute atomic E-state index is 0.116. The second kappa shape index (κ2) is 20.2. The van der Waals surface area contributed by atoms with E-state index in [-0.39, 0.29) is 25.8 Å². The number of amides is 4. The molecule has 0 aromatic heterocycles. The normalized spacial score (nSPS) is 13.2. The van der Waals surface area contributed by atoms with Crippen LogP contribution in [-0.4, -0.2) is 64.5 Å². The Morgan fingerprint density at radius 2 is 1.49 bits per heavy atom. The van der Waals surface area contributed by atoms with Crippen molar-refractivity contribution < 1.29 is 33.4 Å². The first-order valence-corrected chi connectivity index (χ1v) is 17.8. The predicted molar refractivity (Wildman–Crippen MR) is 199 cm³/mol. The van der Waals surface area contributed by atoms with Crippen molar-refractivity contribution in [3.8, 4) is 0 Å². The molecule has 3 unspecified atom stereocenters. The Balaban J connectivity index is 2.69. The highest BCUT2D eigenvalue weighted by molar-refractivity contribution is 5.94. The Hall–Kier alpha value is -4.67. The van der Waals surface area contributed by atoms with Gasteiger partial charge in [0.1, 0.15) is 29.3 Å². The van der Waals surface area contributed by atoms with Gasteiger partial charge in [-0.2, -0.15) is 0 Å². The van der Waals surface area contributed by atoms with Crippen molar-refractivity contribution in [1.29, 1.82) is 0 Å². The second-order valence-electron chi connectivity index (χ2n) is 14.7. The number of hydrogen-bond donors (Lipinski definition) is 3. The molecule has 2 rings (SSSR count). The lowest BCUT2D eigenvalue weighted by atomic mass is 9.98. The molecule has 0 aliphatic carbocycles. The molecule has 0 aliphatic rings. The zero-order valence-corrected chi connectivity index (χ0v) is 31.5. The maximum atomic E-state index is 14.7. The average molecular weight is 707 g/mol. The van der Waals surface area contributed by atoms with Crippen LogP contribution in [0.2, 0.25) is 0 Å². The van der Waals surface area contributed by atoms with Crippen LogP contribution in [0, 0.1) is 0 Å². The molecule has 280 valence electrons. The molecule has 0 spiro atoms. The molecular formula is C40H58N4O7. The first kappa shape index (κ1) is 42.5. The molecule has 4 N–H and O–H groups in total. The number of unbranched alkanes of at least 4 members (excludes halogenated alkanes) is 4. The summed E-state index contributed by atoms with van der Waals surface area (Å²) in [5.74, 6) is -2.49. The lowest BCUT2D eigenvalue weighted by Gasteiger charge is -2.35. The van der Waals surface area contributed by atoms with Crippen molar-refractivity contribution in [2.24, 2.45) is 5.73 Å². The standard InChI is InChI=1S/C40H58N4O7/c1-9-11-12-13-17-25-44(36(47)31(23-24-33(41)45)43-38(49)51-40(6,7)8)34(30-22-18-21-28(10-2)26-30)35(46)42-32(37(48)50-39(3,4)5)27-29-19-15-14-16-20-29/h10,14-16,18-22,26,31-32,34H,2,9,11-13,17,23-25,27H2,1,3-8H3,(H2,41,45)(H,42,46)(H,43,49). The molecule has 0 bridgehead atoms. The van der Waals surface area contributed by atoms with Crippen LogP contribution in [0.3, 0.4) is 0 Å². The number of hydrogen-bond acceptors (Lipinski definition) is 7. The Bertz CT molecular complexity index is 1460. The number of nitrogens with zero attached hydrogens (tertiary/aromatic N) is 1. The van der Waals surface area contributed by atoms with Crippen molar-refractivity contribution in [2.45, 2.75) is 129 Å². The van der Waals surface area contributed by atoms with Gasteiger partial charge in [0.25, 0.3) is 0 Å². The minimum Gasteiger partial charge on any atom is -0.458 e. The van der Waals surface area contributed by atoms with E-state index in [0.717, 1.165) is 31.2 Å². The smallest absolute Gasteiger partial charge is 0.408 e. The number of nitrogens with two attached hydrogens (primary N) is 1. The molecule has 0 saturated heterocycles. The summed E-state index contributed by atoms with van der Waals surface area (Å²) in [4.78, 5) is 69.2. The van der Waals surface area contributed by atoms with Crippen LogP contribution in [0.15, 0.2) is 61.2 Å². The molecule has 0 radical (unpaired) electrons. The number of ether oxygens (including phenoxy) is 2. The van der Waals surface area contributed by atoms with Crippen molar-refractivity contribution in [3.63, 3.8) is 0 Å². The summed E-state index contributed by atoms with van der Waals surface area (Å²) in [5, 5.41) is 5.53. The van der Waals surface area contributed by atoms with Gasteiger partial charge in [-0.1, -0.05) is 93.8 Å². The number of carbonyl (C=O) groups is 5. The van der Waals surface area contributed by atoms with Crippen LogP contribution in [0.5, 0.6) is 0 Å². The first-order chi connectivity index (χ1) is 23.9. The Morgan fingerprint density at radius 3 is 2.08 bits per heavy atom. The largest absolute Gasteiger partial charge is 0.458 e. The first-order valence-electron chi connectivity index (χ1n) is 17.8. The van der Waals surface area contributed by atoms with Gasteiger partial charge in [0.05, 0.1) is 0 Å². The van der Waals surface area contributed by atoms with Gasteiger partial charge in [-0.25, -0.2) is 9.59 Å². The van der Waals surface area contributed by atoms with Crippen molar-refractivity contribution in [3.05, 3.63) is 77.9 Å². The minimum atomic E-state index is -1.24. The molecule has 3 atom stereocenters. The number of primary amides is 1. The Morgan fingerprint density at radius 1 is 0.843 bits per heavy atom. The van der Waals surface area contributed by atoms with Crippen LogP contribution in [0.25, 0.3) is 6.08 Å². The fourth-order valence-corrected chi connectivity index (χ4v) is 5.44. The predicted octanol–water partition coefficient (Wildman–Crippen LogP) is 6.40. The number of nitrogens with one attached hydrogen (secondary N) is 2. The molecule has 0 fully saturated rings. The van der Waals surface area contributed by atoms with Gasteiger partial charge < -0.3 is 30.7 Å². The zero-order valence-electron chi connectivity index (χ0n) is 31.5. The molecule has 0 saturated carbocycles. The lowest BCUT2D eigenvalue weighted by molar-refractivity contribution is -0.159. The number of benzene rings is 2. The number of carbonyl (C=O) groups excluding carboxylic acids is 5. The van der Waals surface area contributed by atoms with E-state index in [1.165, 1.54) is 4.90 Å². The molecule has 0 heterocycles. The Labute approximate surface area is 303 Å². The van der Waals surface area contributed by atoms with Gasteiger partial charge in [0.15, 0.2) is 0 Å². The highest BCUT2D eigenvalue weighted by atomic mass is 16.6. The molecule has 4 amide bonds. The van der Waals surface area contributed by atoms with E-state index >= 15 is 0 Å². The number of rotatable bonds is 19. The average Bonchev–Trinajstić information content (AvgIpc) is 3.04. The monoisotopic (exact) mass is 706 g/mol. The fourth-order valence-electron chi connectivity index (χ4n) is 5.44. The van der Waals surface area contributed by atoms with Crippen molar-refractivity contribution in [1.82, 2.24) is 15.5 Å². The molecule has 0 aliphatic heterocycles. The van der Waals surface area contributed by atoms with Crippen molar-refractivity contribution >= 4 is 35.9 Å². The van der Waals surface area contributed by atoms with E-state index in [0.29, 0.717) is 17.5 Å². The third-order valence-electron chi connectivity index (χ3n) is 7.77. The van der Waals surface area contributed by atoms with Crippen LogP contribution < -0.4 is 16.4 Å². The molecule has 11 nitrogen and oxygen atoms in total. The fraction of sp³-hybridized carbons (Fsp3) is 0.525. The third kappa shape index (κ3) is 15.8. The SMILES string of the molecule is C=Cc1cccc(C(C(=O)NC(Cc2ccccc2)C(=O)OC(C)(C)C)N(CCCCCCC)C(=O)C(CCC(N)=O)NC(=O)OC(C)(C)C)c1. The van der Waals surface area contributed by atoms with Crippen LogP contribution >= 0.6 is 0 Å². The summed E-state index contributed by atoms with van der Waals surface area (Å²) in [6.07, 6.45) is 4.93. The topological polar surface area (TPSA) is 157 Å². The van der Waals surface area contributed by atoms with E-state index in [2.05, 4.69) is 24.1 Å². The van der Waals surface area contributed by atoms with Crippen LogP contribution in [0.4, 0.5) is 4.79 Å². The molecule has 11 heteroatoms. The van der Waals surface area contributed by atoms with Gasteiger partial charge in [-0.15, -0.1) is 0 Å². The van der Waals surface area contributed by atoms with E-state index in [1.807, 2.05) is 36.4 Å². The summed E-state index contributed by atoms with van der Waals surface area (Å²) in [5.41, 5.74) is 5.78. The summed E-state index contributed by atoms with van der Waals surface area (Å²) < 4.78 is 11.2. The quantitative estimate of drug-likeness (QED) is 0.113. The molecule has 2 aromatic rings. The molecule has 51 heavy (non-hydrogen) atoms. The second-order valence-corrected chi connectivity index (χ2v) is 14.7. The zero-order chi connectivity index (χ0) is 38.2. The third-order valence-corrected chi connectivity index (χ3v) is 7.77. The Kier molecular flexibility index (Phi) is 16.9. The number of esters is 1.